The Morgan fingerprint density at radius 2 is 1.66 bits per heavy atom. The van der Waals surface area contributed by atoms with Gasteiger partial charge in [0, 0.05) is 11.3 Å². The van der Waals surface area contributed by atoms with Gasteiger partial charge in [-0.25, -0.2) is 0 Å². The Morgan fingerprint density at radius 3 is 2.34 bits per heavy atom. The molecule has 0 saturated carbocycles. The highest BCUT2D eigenvalue weighted by atomic mass is 16.5. The number of rotatable bonds is 7. The average molecular weight is 472 g/mol. The predicted molar refractivity (Wildman–Crippen MR) is 136 cm³/mol. The van der Waals surface area contributed by atoms with Crippen molar-refractivity contribution in [3.63, 3.8) is 0 Å². The number of carbonyl (C=O) groups is 2. The zero-order chi connectivity index (χ0) is 25.1. The van der Waals surface area contributed by atoms with Gasteiger partial charge in [-0.1, -0.05) is 24.3 Å². The van der Waals surface area contributed by atoms with E-state index >= 15 is 0 Å². The highest BCUT2D eigenvalue weighted by Gasteiger charge is 2.47. The molecule has 1 N–H and O–H groups in total. The third-order valence-electron chi connectivity index (χ3n) is 5.96. The number of ketones is 1. The van der Waals surface area contributed by atoms with Crippen molar-refractivity contribution in [3.8, 4) is 11.5 Å². The Kier molecular flexibility index (Phi) is 6.92. The molecule has 1 atom stereocenters. The van der Waals surface area contributed by atoms with Crippen molar-refractivity contribution < 1.29 is 24.2 Å². The van der Waals surface area contributed by atoms with Gasteiger partial charge in [-0.05, 0) is 86.8 Å². The summed E-state index contributed by atoms with van der Waals surface area (Å²) < 4.78 is 11.3. The molecule has 3 aromatic rings. The third kappa shape index (κ3) is 4.64. The number of Topliss-reactive ketones (excluding diaryl/α,β-unsaturated/α-hetero) is 1. The molecular weight excluding hydrogens is 442 g/mol. The van der Waals surface area contributed by atoms with Crippen molar-refractivity contribution in [1.29, 1.82) is 0 Å². The molecule has 1 heterocycles. The number of aliphatic hydroxyl groups excluding tert-OH is 1. The van der Waals surface area contributed by atoms with E-state index in [1.54, 1.807) is 30.3 Å². The van der Waals surface area contributed by atoms with Crippen molar-refractivity contribution in [2.24, 2.45) is 0 Å². The molecule has 180 valence electrons. The van der Waals surface area contributed by atoms with Crippen LogP contribution in [0.1, 0.15) is 42.1 Å². The summed E-state index contributed by atoms with van der Waals surface area (Å²) in [5, 5.41) is 11.4. The normalized spacial score (nSPS) is 17.0. The molecule has 0 spiro atoms. The van der Waals surface area contributed by atoms with Gasteiger partial charge in [-0.2, -0.15) is 0 Å². The van der Waals surface area contributed by atoms with Gasteiger partial charge in [-0.15, -0.1) is 0 Å². The van der Waals surface area contributed by atoms with E-state index in [-0.39, 0.29) is 11.3 Å². The second-order valence-corrected chi connectivity index (χ2v) is 8.43. The first-order valence-corrected chi connectivity index (χ1v) is 11.7. The van der Waals surface area contributed by atoms with Crippen LogP contribution in [-0.2, 0) is 9.59 Å². The number of anilines is 1. The van der Waals surface area contributed by atoms with Crippen molar-refractivity contribution in [2.75, 3.05) is 18.1 Å². The maximum atomic E-state index is 13.4. The Labute approximate surface area is 205 Å². The van der Waals surface area contributed by atoms with E-state index < -0.39 is 17.7 Å². The summed E-state index contributed by atoms with van der Waals surface area (Å²) in [6.45, 7) is 8.58. The van der Waals surface area contributed by atoms with E-state index in [0.29, 0.717) is 41.5 Å². The fourth-order valence-corrected chi connectivity index (χ4v) is 4.40. The number of ether oxygens (including phenoxy) is 2. The highest BCUT2D eigenvalue weighted by Crippen LogP contribution is 2.43. The SMILES string of the molecule is CCOc1cccc(C2/C(=C(\O)c3ccc(OCC)c(C)c3)C(=O)C(=O)N2c2cccc(C)c2)c1. The summed E-state index contributed by atoms with van der Waals surface area (Å²) in [5.41, 5.74) is 3.50. The quantitative estimate of drug-likeness (QED) is 0.271. The van der Waals surface area contributed by atoms with Crippen molar-refractivity contribution in [2.45, 2.75) is 33.7 Å². The van der Waals surface area contributed by atoms with Crippen LogP contribution in [0.15, 0.2) is 72.3 Å². The lowest BCUT2D eigenvalue weighted by Gasteiger charge is -2.26. The van der Waals surface area contributed by atoms with Crippen LogP contribution in [0.4, 0.5) is 5.69 Å². The number of carbonyl (C=O) groups excluding carboxylic acids is 2. The minimum absolute atomic E-state index is 0.0358. The zero-order valence-electron chi connectivity index (χ0n) is 20.4. The smallest absolute Gasteiger partial charge is 0.300 e. The number of aliphatic hydroxyl groups is 1. The molecule has 1 aliphatic heterocycles. The second kappa shape index (κ2) is 10.1. The average Bonchev–Trinajstić information content (AvgIpc) is 3.11. The van der Waals surface area contributed by atoms with Crippen LogP contribution < -0.4 is 14.4 Å². The van der Waals surface area contributed by atoms with Gasteiger partial charge in [0.05, 0.1) is 24.8 Å². The standard InChI is InChI=1S/C29H29NO5/c1-5-34-23-12-8-10-20(17-23)26-25(27(31)21-13-14-24(35-6-2)19(4)16-21)28(32)29(33)30(26)22-11-7-9-18(3)15-22/h7-17,26,31H,5-6H2,1-4H3/b27-25+. The third-order valence-corrected chi connectivity index (χ3v) is 5.96. The van der Waals surface area contributed by atoms with Crippen molar-refractivity contribution in [1.82, 2.24) is 0 Å². The fourth-order valence-electron chi connectivity index (χ4n) is 4.40. The predicted octanol–water partition coefficient (Wildman–Crippen LogP) is 5.73. The second-order valence-electron chi connectivity index (χ2n) is 8.43. The maximum absolute atomic E-state index is 13.4. The van der Waals surface area contributed by atoms with Gasteiger partial charge < -0.3 is 14.6 Å². The Hall–Kier alpha value is -4.06. The van der Waals surface area contributed by atoms with Crippen LogP contribution >= 0.6 is 0 Å². The zero-order valence-corrected chi connectivity index (χ0v) is 20.4. The molecule has 35 heavy (non-hydrogen) atoms. The molecular formula is C29H29NO5. The summed E-state index contributed by atoms with van der Waals surface area (Å²) in [6, 6.07) is 19.1. The highest BCUT2D eigenvalue weighted by molar-refractivity contribution is 6.51. The van der Waals surface area contributed by atoms with Crippen molar-refractivity contribution >= 4 is 23.1 Å². The molecule has 0 aromatic heterocycles. The number of hydrogen-bond acceptors (Lipinski definition) is 5. The molecule has 0 bridgehead atoms. The number of hydrogen-bond donors (Lipinski definition) is 1. The largest absolute Gasteiger partial charge is 0.507 e. The molecule has 3 aromatic carbocycles. The van der Waals surface area contributed by atoms with Crippen LogP contribution in [0.5, 0.6) is 11.5 Å². The first-order valence-electron chi connectivity index (χ1n) is 11.7. The lowest BCUT2D eigenvalue weighted by molar-refractivity contribution is -0.132. The van der Waals surface area contributed by atoms with E-state index in [4.69, 9.17) is 9.47 Å². The Bertz CT molecular complexity index is 1310. The minimum atomic E-state index is -0.816. The molecule has 6 heteroatoms. The molecule has 4 rings (SSSR count). The van der Waals surface area contributed by atoms with Crippen molar-refractivity contribution in [3.05, 3.63) is 94.6 Å². The summed E-state index contributed by atoms with van der Waals surface area (Å²) in [6.07, 6.45) is 0. The molecule has 1 saturated heterocycles. The summed E-state index contributed by atoms with van der Waals surface area (Å²) in [4.78, 5) is 28.2. The number of nitrogens with zero attached hydrogens (tertiary/aromatic N) is 1. The molecule has 1 amide bonds. The van der Waals surface area contributed by atoms with Gasteiger partial charge in [0.1, 0.15) is 17.3 Å². The van der Waals surface area contributed by atoms with Gasteiger partial charge in [0.2, 0.25) is 0 Å². The first kappa shape index (κ1) is 24.1. The van der Waals surface area contributed by atoms with Gasteiger partial charge in [0.25, 0.3) is 11.7 Å². The van der Waals surface area contributed by atoms with Crippen LogP contribution in [-0.4, -0.2) is 30.0 Å². The van der Waals surface area contributed by atoms with E-state index in [0.717, 1.165) is 11.1 Å². The van der Waals surface area contributed by atoms with E-state index in [1.807, 2.05) is 64.1 Å². The monoisotopic (exact) mass is 471 g/mol. The summed E-state index contributed by atoms with van der Waals surface area (Å²) in [5.74, 6) is -0.326. The lowest BCUT2D eigenvalue weighted by Crippen LogP contribution is -2.29. The molecule has 1 aliphatic rings. The molecule has 1 unspecified atom stereocenters. The molecule has 0 aliphatic carbocycles. The van der Waals surface area contributed by atoms with Crippen LogP contribution in [0.3, 0.4) is 0 Å². The fraction of sp³-hybridized carbons (Fsp3) is 0.241. The number of benzene rings is 3. The molecule has 6 nitrogen and oxygen atoms in total. The molecule has 1 fully saturated rings. The van der Waals surface area contributed by atoms with Gasteiger partial charge >= 0.3 is 0 Å². The van der Waals surface area contributed by atoms with E-state index in [2.05, 4.69) is 0 Å². The lowest BCUT2D eigenvalue weighted by atomic mass is 9.94. The van der Waals surface area contributed by atoms with Crippen LogP contribution in [0.2, 0.25) is 0 Å². The Balaban J connectivity index is 1.92. The summed E-state index contributed by atoms with van der Waals surface area (Å²) >= 11 is 0. The summed E-state index contributed by atoms with van der Waals surface area (Å²) in [7, 11) is 0. The maximum Gasteiger partial charge on any atom is 0.300 e. The van der Waals surface area contributed by atoms with E-state index in [1.165, 1.54) is 4.90 Å². The Morgan fingerprint density at radius 1 is 0.914 bits per heavy atom. The number of aryl methyl sites for hydroxylation is 2. The van der Waals surface area contributed by atoms with E-state index in [9.17, 15) is 14.7 Å². The van der Waals surface area contributed by atoms with Gasteiger partial charge in [0.15, 0.2) is 0 Å². The van der Waals surface area contributed by atoms with Gasteiger partial charge in [-0.3, -0.25) is 14.5 Å². The van der Waals surface area contributed by atoms with Crippen LogP contribution in [0, 0.1) is 13.8 Å². The minimum Gasteiger partial charge on any atom is -0.507 e. The number of amides is 1. The first-order chi connectivity index (χ1) is 16.8. The van der Waals surface area contributed by atoms with Crippen LogP contribution in [0.25, 0.3) is 5.76 Å². The molecule has 0 radical (unpaired) electrons. The topological polar surface area (TPSA) is 76.1 Å².